The molecule has 1 heterocycles. The molecular weight excluding hydrogens is 248 g/mol. The lowest BCUT2D eigenvalue weighted by molar-refractivity contribution is 0.122. The maximum Gasteiger partial charge on any atom is 0.184 e. The second-order valence-electron chi connectivity index (χ2n) is 3.93. The molecule has 0 aromatic heterocycles. The van der Waals surface area contributed by atoms with Crippen LogP contribution < -0.4 is 16.1 Å². The lowest BCUT2D eigenvalue weighted by atomic mass is 10.2. The molecule has 1 aliphatic rings. The third-order valence-corrected chi connectivity index (χ3v) is 2.75. The van der Waals surface area contributed by atoms with Crippen molar-refractivity contribution in [3.8, 4) is 0 Å². The van der Waals surface area contributed by atoms with Gasteiger partial charge in [0, 0.05) is 18.8 Å². The summed E-state index contributed by atoms with van der Waals surface area (Å²) in [5, 5.41) is 4.07. The predicted molar refractivity (Wildman–Crippen MR) is 77.0 cm³/mol. The van der Waals surface area contributed by atoms with E-state index in [2.05, 4.69) is 39.8 Å². The van der Waals surface area contributed by atoms with Crippen LogP contribution in [0.1, 0.15) is 5.56 Å². The summed E-state index contributed by atoms with van der Waals surface area (Å²) in [5.41, 5.74) is 9.99. The van der Waals surface area contributed by atoms with E-state index in [4.69, 9.17) is 10.5 Å². The zero-order valence-electron chi connectivity index (χ0n) is 10.0. The highest BCUT2D eigenvalue weighted by atomic mass is 32.1. The van der Waals surface area contributed by atoms with Crippen molar-refractivity contribution >= 4 is 29.2 Å². The van der Waals surface area contributed by atoms with Gasteiger partial charge in [-0.25, -0.2) is 0 Å². The van der Waals surface area contributed by atoms with E-state index in [9.17, 15) is 0 Å². The Morgan fingerprint density at radius 2 is 2.00 bits per heavy atom. The molecule has 6 heteroatoms. The second kappa shape index (κ2) is 6.32. The van der Waals surface area contributed by atoms with Crippen LogP contribution >= 0.6 is 12.2 Å². The Labute approximate surface area is 112 Å². The number of rotatable bonds is 3. The fourth-order valence-corrected chi connectivity index (χ4v) is 1.82. The molecular formula is C12H16N4OS. The van der Waals surface area contributed by atoms with Crippen molar-refractivity contribution in [3.05, 3.63) is 29.8 Å². The van der Waals surface area contributed by atoms with Crippen LogP contribution in [-0.4, -0.2) is 37.6 Å². The minimum atomic E-state index is 0.163. The molecule has 0 aliphatic carbocycles. The standard InChI is InChI=1S/C12H16N4OS/c13-12(18)15-14-9-10-1-3-11(4-2-10)16-5-7-17-8-6-16/h1-4,9H,5-8H2,(H3,13,15,18). The normalized spacial score (nSPS) is 15.9. The summed E-state index contributed by atoms with van der Waals surface area (Å²) in [6.45, 7) is 3.47. The molecule has 1 saturated heterocycles. The number of hydrazone groups is 1. The van der Waals surface area contributed by atoms with Gasteiger partial charge in [0.05, 0.1) is 19.4 Å². The molecule has 1 aromatic rings. The molecule has 0 spiro atoms. The molecule has 1 aliphatic heterocycles. The highest BCUT2D eigenvalue weighted by molar-refractivity contribution is 7.80. The number of nitrogens with two attached hydrogens (primary N) is 1. The van der Waals surface area contributed by atoms with Gasteiger partial charge >= 0.3 is 0 Å². The van der Waals surface area contributed by atoms with Gasteiger partial charge in [0.2, 0.25) is 0 Å². The number of hydrogen-bond donors (Lipinski definition) is 2. The molecule has 3 N–H and O–H groups in total. The van der Waals surface area contributed by atoms with Crippen LogP contribution in [0.15, 0.2) is 29.4 Å². The van der Waals surface area contributed by atoms with Gasteiger partial charge in [-0.05, 0) is 29.9 Å². The highest BCUT2D eigenvalue weighted by Crippen LogP contribution is 2.15. The number of thiocarbonyl (C=S) groups is 1. The summed E-state index contributed by atoms with van der Waals surface area (Å²) in [4.78, 5) is 2.30. The van der Waals surface area contributed by atoms with E-state index >= 15 is 0 Å². The van der Waals surface area contributed by atoms with Gasteiger partial charge in [-0.1, -0.05) is 12.1 Å². The van der Waals surface area contributed by atoms with Crippen LogP contribution in [0.2, 0.25) is 0 Å². The van der Waals surface area contributed by atoms with Crippen molar-refractivity contribution in [2.75, 3.05) is 31.2 Å². The van der Waals surface area contributed by atoms with Gasteiger partial charge in [-0.15, -0.1) is 0 Å². The third kappa shape index (κ3) is 3.68. The number of morpholine rings is 1. The highest BCUT2D eigenvalue weighted by Gasteiger charge is 2.10. The van der Waals surface area contributed by atoms with Crippen LogP contribution in [0, 0.1) is 0 Å². The van der Waals surface area contributed by atoms with E-state index in [1.54, 1.807) is 6.21 Å². The number of ether oxygens (including phenoxy) is 1. The van der Waals surface area contributed by atoms with Crippen LogP contribution in [0.4, 0.5) is 5.69 Å². The SMILES string of the molecule is NC(=S)NN=Cc1ccc(N2CCOCC2)cc1. The van der Waals surface area contributed by atoms with E-state index in [-0.39, 0.29) is 5.11 Å². The zero-order valence-corrected chi connectivity index (χ0v) is 10.8. The largest absolute Gasteiger partial charge is 0.378 e. The Balaban J connectivity index is 1.96. The Hall–Kier alpha value is -1.66. The molecule has 0 saturated carbocycles. The van der Waals surface area contributed by atoms with Crippen LogP contribution in [0.3, 0.4) is 0 Å². The number of nitrogens with zero attached hydrogens (tertiary/aromatic N) is 2. The average Bonchev–Trinajstić information content (AvgIpc) is 2.40. The van der Waals surface area contributed by atoms with E-state index in [1.807, 2.05) is 12.1 Å². The maximum absolute atomic E-state index is 5.33. The summed E-state index contributed by atoms with van der Waals surface area (Å²) >= 11 is 4.65. The number of anilines is 1. The van der Waals surface area contributed by atoms with Crippen molar-refractivity contribution in [1.29, 1.82) is 0 Å². The zero-order chi connectivity index (χ0) is 12.8. The first-order valence-corrected chi connectivity index (χ1v) is 6.18. The summed E-state index contributed by atoms with van der Waals surface area (Å²) in [7, 11) is 0. The van der Waals surface area contributed by atoms with Gasteiger partial charge < -0.3 is 15.4 Å². The minimum Gasteiger partial charge on any atom is -0.378 e. The van der Waals surface area contributed by atoms with Crippen molar-refractivity contribution in [2.45, 2.75) is 0 Å². The molecule has 1 fully saturated rings. The number of nitrogens with one attached hydrogen (secondary N) is 1. The molecule has 0 bridgehead atoms. The van der Waals surface area contributed by atoms with Crippen LogP contribution in [0.25, 0.3) is 0 Å². The molecule has 5 nitrogen and oxygen atoms in total. The predicted octanol–water partition coefficient (Wildman–Crippen LogP) is 0.690. The van der Waals surface area contributed by atoms with Gasteiger partial charge in [0.1, 0.15) is 0 Å². The van der Waals surface area contributed by atoms with Crippen molar-refractivity contribution < 1.29 is 4.74 Å². The molecule has 2 rings (SSSR count). The van der Waals surface area contributed by atoms with Gasteiger partial charge in [-0.3, -0.25) is 5.43 Å². The maximum atomic E-state index is 5.33. The average molecular weight is 264 g/mol. The Morgan fingerprint density at radius 1 is 1.33 bits per heavy atom. The van der Waals surface area contributed by atoms with Gasteiger partial charge in [0.15, 0.2) is 5.11 Å². The summed E-state index contributed by atoms with van der Waals surface area (Å²) in [6, 6.07) is 8.17. The van der Waals surface area contributed by atoms with Crippen LogP contribution in [-0.2, 0) is 4.74 Å². The number of hydrogen-bond acceptors (Lipinski definition) is 4. The van der Waals surface area contributed by atoms with E-state index < -0.39 is 0 Å². The summed E-state index contributed by atoms with van der Waals surface area (Å²) < 4.78 is 5.33. The minimum absolute atomic E-state index is 0.163. The Kier molecular flexibility index (Phi) is 4.49. The molecule has 0 radical (unpaired) electrons. The topological polar surface area (TPSA) is 62.9 Å². The van der Waals surface area contributed by atoms with Gasteiger partial charge in [0.25, 0.3) is 0 Å². The van der Waals surface area contributed by atoms with Crippen molar-refractivity contribution in [1.82, 2.24) is 5.43 Å². The fourth-order valence-electron chi connectivity index (χ4n) is 1.76. The molecule has 96 valence electrons. The van der Waals surface area contributed by atoms with E-state index in [0.717, 1.165) is 31.9 Å². The Bertz CT molecular complexity index is 426. The first kappa shape index (κ1) is 12.8. The number of benzene rings is 1. The molecule has 0 amide bonds. The summed E-state index contributed by atoms with van der Waals surface area (Å²) in [6.07, 6.45) is 1.68. The first-order valence-electron chi connectivity index (χ1n) is 5.77. The van der Waals surface area contributed by atoms with E-state index in [0.29, 0.717) is 0 Å². The summed E-state index contributed by atoms with van der Waals surface area (Å²) in [5.74, 6) is 0. The lowest BCUT2D eigenvalue weighted by Crippen LogP contribution is -2.36. The van der Waals surface area contributed by atoms with Crippen molar-refractivity contribution in [2.24, 2.45) is 10.8 Å². The monoisotopic (exact) mass is 264 g/mol. The molecule has 1 aromatic carbocycles. The van der Waals surface area contributed by atoms with E-state index in [1.165, 1.54) is 5.69 Å². The molecule has 18 heavy (non-hydrogen) atoms. The van der Waals surface area contributed by atoms with Gasteiger partial charge in [-0.2, -0.15) is 5.10 Å². The molecule has 0 unspecified atom stereocenters. The van der Waals surface area contributed by atoms with Crippen molar-refractivity contribution in [3.63, 3.8) is 0 Å². The smallest absolute Gasteiger partial charge is 0.184 e. The second-order valence-corrected chi connectivity index (χ2v) is 4.37. The quantitative estimate of drug-likeness (QED) is 0.478. The fraction of sp³-hybridized carbons (Fsp3) is 0.333. The first-order chi connectivity index (χ1) is 8.75. The molecule has 0 atom stereocenters. The Morgan fingerprint density at radius 3 is 2.61 bits per heavy atom. The lowest BCUT2D eigenvalue weighted by Gasteiger charge is -2.28. The third-order valence-electron chi connectivity index (χ3n) is 2.66. The van der Waals surface area contributed by atoms with Crippen LogP contribution in [0.5, 0.6) is 0 Å².